The highest BCUT2D eigenvalue weighted by atomic mass is 35.5. The molecule has 0 spiro atoms. The van der Waals surface area contributed by atoms with Crippen molar-refractivity contribution in [2.45, 2.75) is 24.9 Å². The molecule has 3 nitrogen and oxygen atoms in total. The lowest BCUT2D eigenvalue weighted by Crippen LogP contribution is -2.36. The Bertz CT molecular complexity index is 586. The average Bonchev–Trinajstić information content (AvgIpc) is 2.45. The summed E-state index contributed by atoms with van der Waals surface area (Å²) < 4.78 is 40.1. The number of aliphatic hydroxyl groups excluding tert-OH is 1. The van der Waals surface area contributed by atoms with E-state index in [9.17, 15) is 18.3 Å². The molecule has 0 fully saturated rings. The Morgan fingerprint density at radius 2 is 2.09 bits per heavy atom. The quantitative estimate of drug-likeness (QED) is 0.883. The van der Waals surface area contributed by atoms with Gasteiger partial charge in [0.2, 0.25) is 0 Å². The van der Waals surface area contributed by atoms with Crippen molar-refractivity contribution in [1.29, 1.82) is 0 Å². The Kier molecular flexibility index (Phi) is 5.16. The van der Waals surface area contributed by atoms with Crippen molar-refractivity contribution in [1.82, 2.24) is 0 Å². The number of rotatable bonds is 4. The molecule has 0 bridgehead atoms. The molecule has 0 aromatic heterocycles. The fourth-order valence-corrected chi connectivity index (χ4v) is 2.46. The molecule has 3 atom stereocenters. The number of nitrogens with two attached hydrogens (primary N) is 1. The first-order valence-corrected chi connectivity index (χ1v) is 6.97. The Balaban J connectivity index is 2.01. The summed E-state index contributed by atoms with van der Waals surface area (Å²) in [6, 6.07) is 5.99. The Hall–Kier alpha value is -1.50. The smallest absolute Gasteiger partial charge is 0.406 e. The Morgan fingerprint density at radius 1 is 1.36 bits per heavy atom. The predicted octanol–water partition coefficient (Wildman–Crippen LogP) is 3.70. The van der Waals surface area contributed by atoms with E-state index < -0.39 is 18.5 Å². The SMILES string of the molecule is NC(C1C=CC(OC(F)(F)F)=CC1)C(O)c1cccc(Cl)c1. The number of aliphatic hydroxyl groups is 1. The van der Waals surface area contributed by atoms with E-state index >= 15 is 0 Å². The maximum Gasteiger partial charge on any atom is 0.573 e. The lowest BCUT2D eigenvalue weighted by molar-refractivity contribution is -0.303. The second-order valence-corrected chi connectivity index (χ2v) is 5.43. The van der Waals surface area contributed by atoms with Crippen LogP contribution >= 0.6 is 11.6 Å². The highest BCUT2D eigenvalue weighted by Crippen LogP contribution is 2.30. The maximum atomic E-state index is 12.1. The van der Waals surface area contributed by atoms with E-state index in [1.54, 1.807) is 24.3 Å². The summed E-state index contributed by atoms with van der Waals surface area (Å²) in [6.45, 7) is 0. The second-order valence-electron chi connectivity index (χ2n) is 4.99. The molecule has 7 heteroatoms. The first-order valence-electron chi connectivity index (χ1n) is 6.59. The summed E-state index contributed by atoms with van der Waals surface area (Å²) in [4.78, 5) is 0. The van der Waals surface area contributed by atoms with Crippen molar-refractivity contribution in [3.8, 4) is 0 Å². The predicted molar refractivity (Wildman–Crippen MR) is 76.9 cm³/mol. The van der Waals surface area contributed by atoms with E-state index in [4.69, 9.17) is 17.3 Å². The van der Waals surface area contributed by atoms with Crippen molar-refractivity contribution in [3.05, 3.63) is 58.8 Å². The molecule has 22 heavy (non-hydrogen) atoms. The number of alkyl halides is 3. The van der Waals surface area contributed by atoms with Crippen LogP contribution in [-0.4, -0.2) is 17.5 Å². The van der Waals surface area contributed by atoms with Gasteiger partial charge in [0.25, 0.3) is 0 Å². The minimum Gasteiger partial charge on any atom is -0.406 e. The zero-order valence-corrected chi connectivity index (χ0v) is 12.2. The largest absolute Gasteiger partial charge is 0.573 e. The molecule has 0 saturated heterocycles. The van der Waals surface area contributed by atoms with Crippen LogP contribution in [0.25, 0.3) is 0 Å². The van der Waals surface area contributed by atoms with Gasteiger partial charge in [0.05, 0.1) is 6.10 Å². The van der Waals surface area contributed by atoms with Gasteiger partial charge in [-0.25, -0.2) is 0 Å². The second kappa shape index (κ2) is 6.73. The standard InChI is InChI=1S/C15H15ClF3NO2/c16-11-3-1-2-10(8-11)14(21)13(20)9-4-6-12(7-5-9)22-15(17,18)19/h1-4,6-9,13-14,21H,5,20H2. The molecule has 0 amide bonds. The van der Waals surface area contributed by atoms with Gasteiger partial charge >= 0.3 is 6.36 Å². The zero-order valence-electron chi connectivity index (χ0n) is 11.4. The molecule has 0 radical (unpaired) electrons. The molecule has 1 aliphatic rings. The highest BCUT2D eigenvalue weighted by molar-refractivity contribution is 6.30. The van der Waals surface area contributed by atoms with Crippen LogP contribution in [0.5, 0.6) is 0 Å². The molecule has 3 unspecified atom stereocenters. The van der Waals surface area contributed by atoms with Crippen LogP contribution in [0.15, 0.2) is 48.3 Å². The molecular weight excluding hydrogens is 319 g/mol. The third-order valence-corrected chi connectivity index (χ3v) is 3.62. The minimum atomic E-state index is -4.72. The normalized spacial score (nSPS) is 21.2. The third kappa shape index (κ3) is 4.50. The van der Waals surface area contributed by atoms with Crippen molar-refractivity contribution < 1.29 is 23.0 Å². The molecular formula is C15H15ClF3NO2. The van der Waals surface area contributed by atoms with E-state index in [-0.39, 0.29) is 18.1 Å². The van der Waals surface area contributed by atoms with E-state index in [2.05, 4.69) is 4.74 Å². The molecule has 0 aliphatic heterocycles. The average molecular weight is 334 g/mol. The van der Waals surface area contributed by atoms with Crippen LogP contribution in [-0.2, 0) is 4.74 Å². The van der Waals surface area contributed by atoms with Gasteiger partial charge in [-0.15, -0.1) is 13.2 Å². The van der Waals surface area contributed by atoms with Gasteiger partial charge in [-0.2, -0.15) is 0 Å². The van der Waals surface area contributed by atoms with E-state index in [1.165, 1.54) is 18.2 Å². The van der Waals surface area contributed by atoms with E-state index in [0.717, 1.165) is 0 Å². The Morgan fingerprint density at radius 3 is 2.64 bits per heavy atom. The number of hydrogen-bond donors (Lipinski definition) is 2. The highest BCUT2D eigenvalue weighted by Gasteiger charge is 2.33. The van der Waals surface area contributed by atoms with E-state index in [1.807, 2.05) is 0 Å². The van der Waals surface area contributed by atoms with Crippen LogP contribution in [0.4, 0.5) is 13.2 Å². The molecule has 0 saturated carbocycles. The number of benzene rings is 1. The van der Waals surface area contributed by atoms with Crippen LogP contribution in [0.3, 0.4) is 0 Å². The zero-order chi connectivity index (χ0) is 16.3. The molecule has 0 heterocycles. The number of hydrogen-bond acceptors (Lipinski definition) is 3. The summed E-state index contributed by atoms with van der Waals surface area (Å²) in [5.74, 6) is -0.567. The molecule has 2 rings (SSSR count). The summed E-state index contributed by atoms with van der Waals surface area (Å²) in [7, 11) is 0. The lowest BCUT2D eigenvalue weighted by Gasteiger charge is -2.27. The van der Waals surface area contributed by atoms with Crippen molar-refractivity contribution in [2.75, 3.05) is 0 Å². The number of allylic oxidation sites excluding steroid dienone is 2. The lowest BCUT2D eigenvalue weighted by atomic mass is 9.87. The topological polar surface area (TPSA) is 55.5 Å². The van der Waals surface area contributed by atoms with Gasteiger partial charge in [0.15, 0.2) is 0 Å². The maximum absolute atomic E-state index is 12.1. The first-order chi connectivity index (χ1) is 10.3. The van der Waals surface area contributed by atoms with Crippen LogP contribution in [0.1, 0.15) is 18.1 Å². The summed E-state index contributed by atoms with van der Waals surface area (Å²) >= 11 is 5.86. The fraction of sp³-hybridized carbons (Fsp3) is 0.333. The van der Waals surface area contributed by atoms with Gasteiger partial charge in [0, 0.05) is 11.1 Å². The van der Waals surface area contributed by atoms with E-state index in [0.29, 0.717) is 10.6 Å². The molecule has 1 aromatic rings. The van der Waals surface area contributed by atoms with Crippen LogP contribution in [0.2, 0.25) is 5.02 Å². The molecule has 1 aliphatic carbocycles. The molecule has 1 aromatic carbocycles. The summed E-state index contributed by atoms with van der Waals surface area (Å²) in [5, 5.41) is 10.7. The van der Waals surface area contributed by atoms with Crippen molar-refractivity contribution in [2.24, 2.45) is 11.7 Å². The van der Waals surface area contributed by atoms with Crippen molar-refractivity contribution in [3.63, 3.8) is 0 Å². The number of ether oxygens (including phenoxy) is 1. The van der Waals surface area contributed by atoms with Gasteiger partial charge in [0.1, 0.15) is 5.76 Å². The van der Waals surface area contributed by atoms with Gasteiger partial charge in [-0.3, -0.25) is 0 Å². The van der Waals surface area contributed by atoms with Crippen LogP contribution < -0.4 is 5.73 Å². The third-order valence-electron chi connectivity index (χ3n) is 3.38. The van der Waals surface area contributed by atoms with Gasteiger partial charge in [-0.1, -0.05) is 29.8 Å². The summed E-state index contributed by atoms with van der Waals surface area (Å²) in [6.07, 6.45) is -1.40. The Labute approximate surface area is 130 Å². The first kappa shape index (κ1) is 16.9. The van der Waals surface area contributed by atoms with Crippen LogP contribution in [0, 0.1) is 5.92 Å². The molecule has 120 valence electrons. The monoisotopic (exact) mass is 333 g/mol. The van der Waals surface area contributed by atoms with Crippen molar-refractivity contribution >= 4 is 11.6 Å². The minimum absolute atomic E-state index is 0.251. The fourth-order valence-electron chi connectivity index (χ4n) is 2.26. The summed E-state index contributed by atoms with van der Waals surface area (Å²) in [5.41, 5.74) is 6.57. The van der Waals surface area contributed by atoms with Gasteiger partial charge in [-0.05, 0) is 42.2 Å². The van der Waals surface area contributed by atoms with Gasteiger partial charge < -0.3 is 15.6 Å². The molecule has 3 N–H and O–H groups in total. The number of halogens is 4.